The highest BCUT2D eigenvalue weighted by molar-refractivity contribution is 6.00. The molecule has 1 atom stereocenters. The number of benzene rings is 1. The molecular formula is C21H26N4O3. The number of ether oxygens (including phenoxy) is 1. The molecule has 0 spiro atoms. The fourth-order valence-electron chi connectivity index (χ4n) is 3.37. The zero-order valence-electron chi connectivity index (χ0n) is 16.8. The molecule has 0 bridgehead atoms. The highest BCUT2D eigenvalue weighted by Gasteiger charge is 2.27. The lowest BCUT2D eigenvalue weighted by Crippen LogP contribution is -2.33. The summed E-state index contributed by atoms with van der Waals surface area (Å²) in [7, 11) is 0. The van der Waals surface area contributed by atoms with Gasteiger partial charge in [-0.2, -0.15) is 0 Å². The number of esters is 1. The minimum atomic E-state index is -0.425. The molecule has 0 aliphatic heterocycles. The number of hydrogen-bond donors (Lipinski definition) is 3. The molecule has 0 fully saturated rings. The molecule has 3 N–H and O–H groups in total. The molecule has 2 aromatic heterocycles. The number of imidazole rings is 1. The third kappa shape index (κ3) is 3.65. The predicted molar refractivity (Wildman–Crippen MR) is 107 cm³/mol. The molecule has 0 aliphatic carbocycles. The van der Waals surface area contributed by atoms with Crippen LogP contribution in [0.15, 0.2) is 24.3 Å². The van der Waals surface area contributed by atoms with Crippen molar-refractivity contribution in [2.24, 2.45) is 5.92 Å². The third-order valence-electron chi connectivity index (χ3n) is 4.80. The molecule has 0 radical (unpaired) electrons. The van der Waals surface area contributed by atoms with Crippen LogP contribution in [0, 0.1) is 19.8 Å². The average molecular weight is 382 g/mol. The van der Waals surface area contributed by atoms with E-state index in [0.29, 0.717) is 28.3 Å². The summed E-state index contributed by atoms with van der Waals surface area (Å²) < 4.78 is 5.10. The summed E-state index contributed by atoms with van der Waals surface area (Å²) in [5, 5.41) is 3.05. The van der Waals surface area contributed by atoms with Gasteiger partial charge in [-0.15, -0.1) is 0 Å². The minimum Gasteiger partial charge on any atom is -0.462 e. The van der Waals surface area contributed by atoms with E-state index in [1.54, 1.807) is 20.8 Å². The van der Waals surface area contributed by atoms with Gasteiger partial charge in [0.2, 0.25) is 0 Å². The molecular weight excluding hydrogens is 356 g/mol. The number of aryl methyl sites for hydroxylation is 1. The van der Waals surface area contributed by atoms with E-state index >= 15 is 0 Å². The molecule has 0 aliphatic rings. The summed E-state index contributed by atoms with van der Waals surface area (Å²) in [4.78, 5) is 36.1. The second-order valence-corrected chi connectivity index (χ2v) is 7.18. The van der Waals surface area contributed by atoms with Crippen molar-refractivity contribution < 1.29 is 14.3 Å². The molecule has 1 aromatic carbocycles. The Hall–Kier alpha value is -3.09. The van der Waals surface area contributed by atoms with Gasteiger partial charge >= 0.3 is 5.97 Å². The molecule has 7 heteroatoms. The van der Waals surface area contributed by atoms with E-state index in [1.807, 2.05) is 38.1 Å². The van der Waals surface area contributed by atoms with Gasteiger partial charge in [-0.3, -0.25) is 4.79 Å². The van der Waals surface area contributed by atoms with Crippen molar-refractivity contribution in [2.45, 2.75) is 40.7 Å². The second kappa shape index (κ2) is 7.88. The second-order valence-electron chi connectivity index (χ2n) is 7.18. The summed E-state index contributed by atoms with van der Waals surface area (Å²) in [5.74, 6) is 0.113. The maximum atomic E-state index is 13.0. The number of nitrogens with zero attached hydrogens (tertiary/aromatic N) is 1. The number of para-hydroxylation sites is 2. The third-order valence-corrected chi connectivity index (χ3v) is 4.80. The topological polar surface area (TPSA) is 99.9 Å². The number of nitrogens with one attached hydrogen (secondary N) is 3. The Morgan fingerprint density at radius 1 is 1.18 bits per heavy atom. The van der Waals surface area contributed by atoms with Crippen LogP contribution < -0.4 is 5.32 Å². The fourth-order valence-corrected chi connectivity index (χ4v) is 3.37. The van der Waals surface area contributed by atoms with Crippen LogP contribution in [0.25, 0.3) is 11.0 Å². The molecule has 1 unspecified atom stereocenters. The Morgan fingerprint density at radius 2 is 1.89 bits per heavy atom. The zero-order valence-corrected chi connectivity index (χ0v) is 16.8. The lowest BCUT2D eigenvalue weighted by Gasteiger charge is -2.20. The van der Waals surface area contributed by atoms with E-state index in [2.05, 4.69) is 20.3 Å². The lowest BCUT2D eigenvalue weighted by molar-refractivity contribution is 0.0525. The zero-order chi connectivity index (χ0) is 20.4. The van der Waals surface area contributed by atoms with Crippen LogP contribution >= 0.6 is 0 Å². The van der Waals surface area contributed by atoms with Crippen LogP contribution in [0.1, 0.15) is 64.7 Å². The van der Waals surface area contributed by atoms with Crippen molar-refractivity contribution in [2.75, 3.05) is 6.61 Å². The Balaban J connectivity index is 1.89. The van der Waals surface area contributed by atoms with Gasteiger partial charge in [-0.05, 0) is 44.4 Å². The SMILES string of the molecule is CCOC(=O)c1c(C)[nH]c(C(=O)NC(c2nc3ccccc3[nH]2)C(C)C)c1C. The number of aromatic amines is 2. The number of rotatable bonds is 6. The first-order valence-electron chi connectivity index (χ1n) is 9.45. The quantitative estimate of drug-likeness (QED) is 0.564. The number of aromatic nitrogens is 3. The van der Waals surface area contributed by atoms with Crippen molar-refractivity contribution in [1.29, 1.82) is 0 Å². The molecule has 3 rings (SSSR count). The van der Waals surface area contributed by atoms with Crippen LogP contribution in [-0.4, -0.2) is 33.4 Å². The first-order chi connectivity index (χ1) is 13.3. The monoisotopic (exact) mass is 382 g/mol. The average Bonchev–Trinajstić information content (AvgIpc) is 3.19. The summed E-state index contributed by atoms with van der Waals surface area (Å²) in [6, 6.07) is 7.45. The van der Waals surface area contributed by atoms with Crippen LogP contribution in [0.4, 0.5) is 0 Å². The van der Waals surface area contributed by atoms with E-state index in [4.69, 9.17) is 4.74 Å². The normalized spacial score (nSPS) is 12.4. The number of hydrogen-bond acceptors (Lipinski definition) is 4. The van der Waals surface area contributed by atoms with Crippen molar-refractivity contribution in [3.8, 4) is 0 Å². The minimum absolute atomic E-state index is 0.116. The molecule has 3 aromatic rings. The van der Waals surface area contributed by atoms with Gasteiger partial charge in [0.15, 0.2) is 0 Å². The van der Waals surface area contributed by atoms with Gasteiger partial charge in [-0.25, -0.2) is 9.78 Å². The predicted octanol–water partition coefficient (Wildman–Crippen LogP) is 3.81. The van der Waals surface area contributed by atoms with E-state index in [-0.39, 0.29) is 24.5 Å². The summed E-state index contributed by atoms with van der Waals surface area (Å²) >= 11 is 0. The summed E-state index contributed by atoms with van der Waals surface area (Å²) in [5.41, 5.74) is 3.76. The summed E-state index contributed by atoms with van der Waals surface area (Å²) in [6.07, 6.45) is 0. The molecule has 0 saturated heterocycles. The van der Waals surface area contributed by atoms with E-state index in [0.717, 1.165) is 11.0 Å². The van der Waals surface area contributed by atoms with Gasteiger partial charge in [0, 0.05) is 5.69 Å². The van der Waals surface area contributed by atoms with Gasteiger partial charge in [0.1, 0.15) is 11.5 Å². The number of H-pyrrole nitrogens is 2. The molecule has 28 heavy (non-hydrogen) atoms. The Kier molecular flexibility index (Phi) is 5.53. The van der Waals surface area contributed by atoms with Crippen molar-refractivity contribution in [3.63, 3.8) is 0 Å². The van der Waals surface area contributed by atoms with E-state index in [9.17, 15) is 9.59 Å². The molecule has 0 saturated carbocycles. The Morgan fingerprint density at radius 3 is 2.54 bits per heavy atom. The van der Waals surface area contributed by atoms with Crippen LogP contribution in [0.2, 0.25) is 0 Å². The Bertz CT molecular complexity index is 983. The maximum absolute atomic E-state index is 13.0. The van der Waals surface area contributed by atoms with Crippen molar-refractivity contribution >= 4 is 22.9 Å². The largest absolute Gasteiger partial charge is 0.462 e. The van der Waals surface area contributed by atoms with E-state index < -0.39 is 5.97 Å². The first-order valence-corrected chi connectivity index (χ1v) is 9.45. The number of carbonyl (C=O) groups excluding carboxylic acids is 2. The van der Waals surface area contributed by atoms with Gasteiger partial charge in [0.25, 0.3) is 5.91 Å². The van der Waals surface area contributed by atoms with Crippen LogP contribution in [0.3, 0.4) is 0 Å². The van der Waals surface area contributed by atoms with Crippen molar-refractivity contribution in [1.82, 2.24) is 20.3 Å². The van der Waals surface area contributed by atoms with Gasteiger partial charge in [0.05, 0.1) is 29.2 Å². The molecule has 7 nitrogen and oxygen atoms in total. The number of fused-ring (bicyclic) bond motifs is 1. The highest BCUT2D eigenvalue weighted by atomic mass is 16.5. The maximum Gasteiger partial charge on any atom is 0.340 e. The standard InChI is InChI=1S/C21H26N4O3/c1-6-28-21(27)16-12(4)18(22-13(16)5)20(26)25-17(11(2)3)19-23-14-9-7-8-10-15(14)24-19/h7-11,17,22H,6H2,1-5H3,(H,23,24)(H,25,26). The van der Waals surface area contributed by atoms with Gasteiger partial charge < -0.3 is 20.0 Å². The van der Waals surface area contributed by atoms with Crippen molar-refractivity contribution in [3.05, 3.63) is 52.6 Å². The van der Waals surface area contributed by atoms with Gasteiger partial charge in [-0.1, -0.05) is 26.0 Å². The smallest absolute Gasteiger partial charge is 0.340 e. The molecule has 2 heterocycles. The number of amides is 1. The molecule has 1 amide bonds. The Labute approximate surface area is 163 Å². The highest BCUT2D eigenvalue weighted by Crippen LogP contribution is 2.24. The number of carbonyl (C=O) groups is 2. The van der Waals surface area contributed by atoms with E-state index in [1.165, 1.54) is 0 Å². The first kappa shape index (κ1) is 19.7. The van der Waals surface area contributed by atoms with Crippen LogP contribution in [0.5, 0.6) is 0 Å². The summed E-state index contributed by atoms with van der Waals surface area (Å²) in [6.45, 7) is 9.59. The molecule has 148 valence electrons. The fraction of sp³-hybridized carbons (Fsp3) is 0.381. The van der Waals surface area contributed by atoms with Crippen LogP contribution in [-0.2, 0) is 4.74 Å². The lowest BCUT2D eigenvalue weighted by atomic mass is 10.0.